The summed E-state index contributed by atoms with van der Waals surface area (Å²) in [4.78, 5) is 14.3. The first-order valence-corrected chi connectivity index (χ1v) is 7.19. The number of hydrogen-bond acceptors (Lipinski definition) is 2. The Kier molecular flexibility index (Phi) is 3.00. The normalized spacial score (nSPS) is 24.7. The molecule has 1 aliphatic heterocycles. The van der Waals surface area contributed by atoms with Crippen molar-refractivity contribution in [3.05, 3.63) is 29.8 Å². The topological polar surface area (TPSA) is 32.3 Å². The predicted molar refractivity (Wildman–Crippen MR) is 77.4 cm³/mol. The number of rotatable bonds is 2. The largest absolute Gasteiger partial charge is 0.378 e. The molecule has 0 bridgehead atoms. The molecule has 1 aliphatic carbocycles. The molecule has 1 aromatic rings. The van der Waals surface area contributed by atoms with Crippen LogP contribution in [0.1, 0.15) is 37.2 Å². The lowest BCUT2D eigenvalue weighted by Crippen LogP contribution is -2.31. The molecular weight excluding hydrogens is 236 g/mol. The second-order valence-corrected chi connectivity index (χ2v) is 6.11. The Morgan fingerprint density at radius 3 is 2.37 bits per heavy atom. The molecule has 1 aromatic carbocycles. The van der Waals surface area contributed by atoms with E-state index in [-0.39, 0.29) is 11.3 Å². The maximum Gasteiger partial charge on any atom is 0.226 e. The fraction of sp³-hybridized carbons (Fsp3) is 0.562. The second kappa shape index (κ2) is 4.55. The smallest absolute Gasteiger partial charge is 0.226 e. The Bertz CT molecular complexity index is 472. The first-order chi connectivity index (χ1) is 9.13. The number of hydrogen-bond donors (Lipinski definition) is 1. The van der Waals surface area contributed by atoms with Gasteiger partial charge in [-0.2, -0.15) is 0 Å². The van der Waals surface area contributed by atoms with Gasteiger partial charge in [0.05, 0.1) is 5.41 Å². The highest BCUT2D eigenvalue weighted by Gasteiger charge is 2.51. The number of nitrogens with zero attached hydrogens (tertiary/aromatic N) is 1. The SMILES string of the molecule is CN(C)c1ccc([C@@H]2CNC(=O)C23CCCC3)cc1. The third kappa shape index (κ3) is 1.92. The minimum absolute atomic E-state index is 0.111. The summed E-state index contributed by atoms with van der Waals surface area (Å²) in [6, 6.07) is 8.70. The van der Waals surface area contributed by atoms with Crippen LogP contribution >= 0.6 is 0 Å². The number of amides is 1. The Hall–Kier alpha value is -1.51. The van der Waals surface area contributed by atoms with Gasteiger partial charge in [-0.15, -0.1) is 0 Å². The third-order valence-corrected chi connectivity index (χ3v) is 4.89. The lowest BCUT2D eigenvalue weighted by molar-refractivity contribution is -0.127. The van der Waals surface area contributed by atoms with Crippen molar-refractivity contribution < 1.29 is 4.79 Å². The van der Waals surface area contributed by atoms with Gasteiger partial charge < -0.3 is 10.2 Å². The van der Waals surface area contributed by atoms with Gasteiger partial charge in [-0.25, -0.2) is 0 Å². The fourth-order valence-electron chi connectivity index (χ4n) is 3.75. The van der Waals surface area contributed by atoms with Gasteiger partial charge in [-0.3, -0.25) is 4.79 Å². The molecule has 1 amide bonds. The van der Waals surface area contributed by atoms with Crippen LogP contribution in [0.5, 0.6) is 0 Å². The number of carbonyl (C=O) groups is 1. The Labute approximate surface area is 115 Å². The van der Waals surface area contributed by atoms with E-state index in [4.69, 9.17) is 0 Å². The minimum atomic E-state index is -0.111. The number of nitrogens with one attached hydrogen (secondary N) is 1. The van der Waals surface area contributed by atoms with E-state index in [1.807, 2.05) is 14.1 Å². The van der Waals surface area contributed by atoms with E-state index in [2.05, 4.69) is 34.5 Å². The molecule has 2 fully saturated rings. The number of carbonyl (C=O) groups excluding carboxylic acids is 1. The zero-order valence-electron chi connectivity index (χ0n) is 11.8. The highest BCUT2D eigenvalue weighted by atomic mass is 16.2. The van der Waals surface area contributed by atoms with Crippen LogP contribution < -0.4 is 10.2 Å². The molecule has 1 saturated heterocycles. The van der Waals surface area contributed by atoms with Gasteiger partial charge in [-0.1, -0.05) is 25.0 Å². The van der Waals surface area contributed by atoms with Crippen LogP contribution in [0.25, 0.3) is 0 Å². The Balaban J connectivity index is 1.91. The van der Waals surface area contributed by atoms with Crippen molar-refractivity contribution >= 4 is 11.6 Å². The van der Waals surface area contributed by atoms with Crippen LogP contribution in [0.3, 0.4) is 0 Å². The van der Waals surface area contributed by atoms with E-state index >= 15 is 0 Å². The average Bonchev–Trinajstić information content (AvgIpc) is 3.01. The predicted octanol–water partition coefficient (Wildman–Crippen LogP) is 2.53. The molecule has 3 nitrogen and oxygen atoms in total. The molecular formula is C16H22N2O. The quantitative estimate of drug-likeness (QED) is 0.884. The molecule has 0 radical (unpaired) electrons. The summed E-state index contributed by atoms with van der Waals surface area (Å²) >= 11 is 0. The summed E-state index contributed by atoms with van der Waals surface area (Å²) < 4.78 is 0. The molecule has 19 heavy (non-hydrogen) atoms. The van der Waals surface area contributed by atoms with Crippen LogP contribution in [0.2, 0.25) is 0 Å². The molecule has 3 heteroatoms. The zero-order valence-corrected chi connectivity index (χ0v) is 11.8. The minimum Gasteiger partial charge on any atom is -0.378 e. The van der Waals surface area contributed by atoms with Crippen molar-refractivity contribution in [1.82, 2.24) is 5.32 Å². The highest BCUT2D eigenvalue weighted by Crippen LogP contribution is 2.51. The molecule has 1 atom stereocenters. The summed E-state index contributed by atoms with van der Waals surface area (Å²) in [6.45, 7) is 0.806. The summed E-state index contributed by atoms with van der Waals surface area (Å²) in [7, 11) is 4.10. The van der Waals surface area contributed by atoms with Crippen LogP contribution in [0.4, 0.5) is 5.69 Å². The average molecular weight is 258 g/mol. The van der Waals surface area contributed by atoms with Crippen molar-refractivity contribution in [1.29, 1.82) is 0 Å². The number of benzene rings is 1. The van der Waals surface area contributed by atoms with Crippen molar-refractivity contribution in [2.75, 3.05) is 25.5 Å². The lowest BCUT2D eigenvalue weighted by Gasteiger charge is -2.28. The van der Waals surface area contributed by atoms with E-state index < -0.39 is 0 Å². The van der Waals surface area contributed by atoms with Crippen LogP contribution in [0, 0.1) is 5.41 Å². The lowest BCUT2D eigenvalue weighted by atomic mass is 9.73. The van der Waals surface area contributed by atoms with Crippen LogP contribution in [-0.4, -0.2) is 26.5 Å². The standard InChI is InChI=1S/C16H22N2O/c1-18(2)13-7-5-12(6-8-13)14-11-17-15(19)16(14)9-3-4-10-16/h5-8,14H,3-4,9-11H2,1-2H3,(H,17,19)/t14-/m0/s1. The van der Waals surface area contributed by atoms with Gasteiger partial charge in [-0.05, 0) is 30.5 Å². The molecule has 1 saturated carbocycles. The van der Waals surface area contributed by atoms with Crippen LogP contribution in [-0.2, 0) is 4.79 Å². The number of anilines is 1. The Morgan fingerprint density at radius 2 is 1.79 bits per heavy atom. The molecule has 3 rings (SSSR count). The summed E-state index contributed by atoms with van der Waals surface area (Å²) in [5.74, 6) is 0.644. The van der Waals surface area contributed by atoms with Crippen molar-refractivity contribution in [2.24, 2.45) is 5.41 Å². The molecule has 1 N–H and O–H groups in total. The van der Waals surface area contributed by atoms with Gasteiger partial charge >= 0.3 is 0 Å². The van der Waals surface area contributed by atoms with E-state index in [9.17, 15) is 4.79 Å². The van der Waals surface area contributed by atoms with Crippen LogP contribution in [0.15, 0.2) is 24.3 Å². The van der Waals surface area contributed by atoms with Crippen molar-refractivity contribution in [3.63, 3.8) is 0 Å². The first kappa shape index (κ1) is 12.5. The molecule has 1 heterocycles. The van der Waals surface area contributed by atoms with E-state index in [0.29, 0.717) is 5.92 Å². The maximum absolute atomic E-state index is 12.2. The van der Waals surface area contributed by atoms with Gasteiger partial charge in [0.25, 0.3) is 0 Å². The van der Waals surface area contributed by atoms with E-state index in [0.717, 1.165) is 19.4 Å². The monoisotopic (exact) mass is 258 g/mol. The van der Waals surface area contributed by atoms with Crippen molar-refractivity contribution in [3.8, 4) is 0 Å². The molecule has 1 spiro atoms. The highest BCUT2D eigenvalue weighted by molar-refractivity contribution is 5.86. The molecule has 0 aromatic heterocycles. The van der Waals surface area contributed by atoms with Crippen molar-refractivity contribution in [2.45, 2.75) is 31.6 Å². The third-order valence-electron chi connectivity index (χ3n) is 4.89. The second-order valence-electron chi connectivity index (χ2n) is 6.11. The van der Waals surface area contributed by atoms with Gasteiger partial charge in [0.1, 0.15) is 0 Å². The summed E-state index contributed by atoms with van der Waals surface area (Å²) in [5.41, 5.74) is 2.41. The molecule has 102 valence electrons. The Morgan fingerprint density at radius 1 is 1.16 bits per heavy atom. The van der Waals surface area contributed by atoms with E-state index in [1.54, 1.807) is 0 Å². The van der Waals surface area contributed by atoms with Gasteiger partial charge in [0, 0.05) is 32.2 Å². The fourth-order valence-corrected chi connectivity index (χ4v) is 3.75. The maximum atomic E-state index is 12.2. The molecule has 0 unspecified atom stereocenters. The summed E-state index contributed by atoms with van der Waals surface area (Å²) in [6.07, 6.45) is 4.50. The van der Waals surface area contributed by atoms with Gasteiger partial charge in [0.15, 0.2) is 0 Å². The zero-order chi connectivity index (χ0) is 13.5. The van der Waals surface area contributed by atoms with Gasteiger partial charge in [0.2, 0.25) is 5.91 Å². The summed E-state index contributed by atoms with van der Waals surface area (Å²) in [5, 5.41) is 3.09. The first-order valence-electron chi connectivity index (χ1n) is 7.19. The van der Waals surface area contributed by atoms with E-state index in [1.165, 1.54) is 24.1 Å². The molecule has 2 aliphatic rings.